The van der Waals surface area contributed by atoms with Crippen molar-refractivity contribution < 1.29 is 0 Å². The highest BCUT2D eigenvalue weighted by Gasteiger charge is 2.42. The maximum absolute atomic E-state index is 2.60. The Morgan fingerprint density at radius 1 is 0.271 bits per heavy atom. The fraction of sp³-hybridized carbons (Fsp3) is 0.0182. The van der Waals surface area contributed by atoms with Gasteiger partial charge in [-0.1, -0.05) is 127 Å². The van der Waals surface area contributed by atoms with Crippen molar-refractivity contribution in [1.82, 2.24) is 9.13 Å². The van der Waals surface area contributed by atoms with E-state index in [1.165, 1.54) is 82.8 Å². The summed E-state index contributed by atoms with van der Waals surface area (Å²) in [4.78, 5) is 5.20. The van der Waals surface area contributed by atoms with Crippen LogP contribution in [-0.2, 0) is 0 Å². The average Bonchev–Trinajstić information content (AvgIpc) is 3.82. The van der Waals surface area contributed by atoms with Crippen LogP contribution in [0.25, 0.3) is 77.2 Å². The van der Waals surface area contributed by atoms with E-state index in [0.717, 1.165) is 22.7 Å². The molecule has 4 heterocycles. The van der Waals surface area contributed by atoms with E-state index in [2.05, 4.69) is 231 Å². The van der Waals surface area contributed by atoms with Gasteiger partial charge >= 0.3 is 0 Å². The number of aromatic nitrogens is 2. The Kier molecular flexibility index (Phi) is 6.75. The summed E-state index contributed by atoms with van der Waals surface area (Å²) in [5.41, 5.74) is 18.2. The van der Waals surface area contributed by atoms with Crippen LogP contribution in [0.5, 0.6) is 0 Å². The molecule has 2 aliphatic heterocycles. The van der Waals surface area contributed by atoms with E-state index in [4.69, 9.17) is 0 Å². The minimum atomic E-state index is -0.175. The quantitative estimate of drug-likeness (QED) is 0.178. The predicted molar refractivity (Wildman–Crippen MR) is 246 cm³/mol. The Morgan fingerprint density at radius 2 is 0.661 bits per heavy atom. The lowest BCUT2D eigenvalue weighted by molar-refractivity contribution is 0.695. The lowest BCUT2D eigenvalue weighted by Gasteiger charge is -2.50. The number of rotatable bonds is 4. The maximum atomic E-state index is 2.60. The standard InChI is InChI=1S/C55H36N4/c1-3-16-36(17-4-1)56-48-26-11-9-22-42(48)46-34-38(30-32-52(46)56)58-50-28-13-7-20-40(50)44-24-15-25-45-41-21-8-14-29-51(41)59(55(58)54(44)45)39-31-33-53-47(35-39)43-23-10-12-27-49(43)57(53)37-18-5-2-6-19-37/h1-35,55H. The summed E-state index contributed by atoms with van der Waals surface area (Å²) in [6.45, 7) is 0. The zero-order valence-corrected chi connectivity index (χ0v) is 32.1. The van der Waals surface area contributed by atoms with Gasteiger partial charge in [-0.15, -0.1) is 0 Å². The molecular weight excluding hydrogens is 717 g/mol. The Labute approximate surface area is 341 Å². The van der Waals surface area contributed by atoms with Crippen molar-refractivity contribution >= 4 is 66.4 Å². The molecule has 0 spiro atoms. The van der Waals surface area contributed by atoms with E-state index in [-0.39, 0.29) is 6.17 Å². The van der Waals surface area contributed by atoms with Gasteiger partial charge in [-0.2, -0.15) is 0 Å². The van der Waals surface area contributed by atoms with E-state index >= 15 is 0 Å². The van der Waals surface area contributed by atoms with Crippen LogP contribution in [0, 0.1) is 0 Å². The van der Waals surface area contributed by atoms with E-state index < -0.39 is 0 Å². The second-order valence-electron chi connectivity index (χ2n) is 15.7. The van der Waals surface area contributed by atoms with Gasteiger partial charge in [0, 0.05) is 61.0 Å². The molecule has 4 nitrogen and oxygen atoms in total. The first-order valence-corrected chi connectivity index (χ1v) is 20.4. The second-order valence-corrected chi connectivity index (χ2v) is 15.7. The zero-order chi connectivity index (χ0) is 38.6. The molecule has 11 aromatic rings. The number of hydrogen-bond acceptors (Lipinski definition) is 2. The number of hydrogen-bond donors (Lipinski definition) is 0. The molecule has 0 atom stereocenters. The van der Waals surface area contributed by atoms with Crippen molar-refractivity contribution in [2.75, 3.05) is 9.80 Å². The monoisotopic (exact) mass is 752 g/mol. The summed E-state index contributed by atoms with van der Waals surface area (Å²) >= 11 is 0. The van der Waals surface area contributed by atoms with Crippen molar-refractivity contribution in [1.29, 1.82) is 0 Å². The van der Waals surface area contributed by atoms with Gasteiger partial charge in [0.15, 0.2) is 0 Å². The van der Waals surface area contributed by atoms with Crippen molar-refractivity contribution in [2.24, 2.45) is 0 Å². The van der Waals surface area contributed by atoms with Crippen molar-refractivity contribution in [2.45, 2.75) is 6.17 Å². The van der Waals surface area contributed by atoms with Crippen LogP contribution in [0.15, 0.2) is 212 Å². The van der Waals surface area contributed by atoms with E-state index in [1.54, 1.807) is 0 Å². The van der Waals surface area contributed by atoms with Gasteiger partial charge in [-0.05, 0) is 96.1 Å². The van der Waals surface area contributed by atoms with Gasteiger partial charge in [0.05, 0.1) is 33.4 Å². The number of fused-ring (bicyclic) bond motifs is 10. The van der Waals surface area contributed by atoms with Crippen LogP contribution in [0.3, 0.4) is 0 Å². The Hall–Kier alpha value is -7.82. The summed E-state index contributed by atoms with van der Waals surface area (Å²) in [5, 5.41) is 4.95. The van der Waals surface area contributed by atoms with Gasteiger partial charge in [-0.25, -0.2) is 0 Å². The van der Waals surface area contributed by atoms with Crippen LogP contribution in [0.2, 0.25) is 0 Å². The SMILES string of the molecule is c1ccc(-n2c3ccccc3c3cc(N4c5ccccc5-c5cccc6c5C4N(c4ccc5c(c4)c4ccccc4n5-c4ccccc4)c4ccccc4-6)ccc32)cc1. The van der Waals surface area contributed by atoms with Crippen molar-refractivity contribution in [3.63, 3.8) is 0 Å². The van der Waals surface area contributed by atoms with E-state index in [0.29, 0.717) is 0 Å². The molecule has 0 saturated carbocycles. The highest BCUT2D eigenvalue weighted by molar-refractivity contribution is 6.12. The summed E-state index contributed by atoms with van der Waals surface area (Å²) < 4.78 is 4.80. The van der Waals surface area contributed by atoms with Crippen LogP contribution >= 0.6 is 0 Å². The first kappa shape index (κ1) is 32.3. The topological polar surface area (TPSA) is 16.3 Å². The molecule has 0 saturated heterocycles. The van der Waals surface area contributed by atoms with E-state index in [1.807, 2.05) is 0 Å². The van der Waals surface area contributed by atoms with Gasteiger partial charge in [-0.3, -0.25) is 0 Å². The maximum Gasteiger partial charge on any atom is 0.138 e. The molecule has 0 amide bonds. The molecule has 0 radical (unpaired) electrons. The first-order chi connectivity index (χ1) is 29.3. The molecule has 276 valence electrons. The third-order valence-electron chi connectivity index (χ3n) is 12.7. The van der Waals surface area contributed by atoms with Crippen molar-refractivity contribution in [3.8, 4) is 33.6 Å². The van der Waals surface area contributed by atoms with Gasteiger partial charge in [0.25, 0.3) is 0 Å². The van der Waals surface area contributed by atoms with Gasteiger partial charge in [0.1, 0.15) is 6.17 Å². The Bertz CT molecular complexity index is 3240. The normalized spacial score (nSPS) is 13.3. The zero-order valence-electron chi connectivity index (χ0n) is 32.1. The van der Waals surface area contributed by atoms with Crippen LogP contribution in [0.4, 0.5) is 22.7 Å². The minimum absolute atomic E-state index is 0.175. The molecule has 2 aromatic heterocycles. The number of benzene rings is 9. The average molecular weight is 753 g/mol. The molecule has 59 heavy (non-hydrogen) atoms. The van der Waals surface area contributed by atoms with Crippen LogP contribution in [-0.4, -0.2) is 9.13 Å². The first-order valence-electron chi connectivity index (χ1n) is 20.4. The summed E-state index contributed by atoms with van der Waals surface area (Å²) in [6, 6.07) is 78.1. The minimum Gasteiger partial charge on any atom is -0.315 e. The summed E-state index contributed by atoms with van der Waals surface area (Å²) in [7, 11) is 0. The number of anilines is 4. The number of nitrogens with zero attached hydrogens (tertiary/aromatic N) is 4. The molecule has 2 aliphatic rings. The molecule has 4 heteroatoms. The summed E-state index contributed by atoms with van der Waals surface area (Å²) in [6.07, 6.45) is -0.175. The lowest BCUT2D eigenvalue weighted by Crippen LogP contribution is -2.41. The summed E-state index contributed by atoms with van der Waals surface area (Å²) in [5.74, 6) is 0. The lowest BCUT2D eigenvalue weighted by atomic mass is 9.81. The van der Waals surface area contributed by atoms with E-state index in [9.17, 15) is 0 Å². The molecule has 9 aromatic carbocycles. The molecular formula is C55H36N4. The highest BCUT2D eigenvalue weighted by Crippen LogP contribution is 2.59. The molecule has 0 unspecified atom stereocenters. The molecule has 0 aliphatic carbocycles. The number of para-hydroxylation sites is 6. The van der Waals surface area contributed by atoms with Crippen molar-refractivity contribution in [3.05, 3.63) is 218 Å². The fourth-order valence-corrected chi connectivity index (χ4v) is 10.3. The Morgan fingerprint density at radius 3 is 1.15 bits per heavy atom. The molecule has 0 bridgehead atoms. The van der Waals surface area contributed by atoms with Gasteiger partial charge in [0.2, 0.25) is 0 Å². The van der Waals surface area contributed by atoms with Crippen LogP contribution in [0.1, 0.15) is 11.7 Å². The fourth-order valence-electron chi connectivity index (χ4n) is 10.3. The third kappa shape index (κ3) is 4.54. The smallest absolute Gasteiger partial charge is 0.138 e. The molecule has 0 fully saturated rings. The predicted octanol–water partition coefficient (Wildman–Crippen LogP) is 14.5. The third-order valence-corrected chi connectivity index (χ3v) is 12.7. The largest absolute Gasteiger partial charge is 0.315 e. The van der Waals surface area contributed by atoms with Gasteiger partial charge < -0.3 is 18.9 Å². The second kappa shape index (κ2) is 12.3. The molecule has 13 rings (SSSR count). The van der Waals surface area contributed by atoms with Crippen LogP contribution < -0.4 is 9.80 Å². The highest BCUT2D eigenvalue weighted by atomic mass is 15.4. The Balaban J connectivity index is 1.09. The molecule has 0 N–H and O–H groups in total.